The first-order valence-electron chi connectivity index (χ1n) is 9.38. The van der Waals surface area contributed by atoms with Gasteiger partial charge in [-0.15, -0.1) is 11.3 Å². The van der Waals surface area contributed by atoms with Crippen molar-refractivity contribution >= 4 is 27.4 Å². The van der Waals surface area contributed by atoms with Gasteiger partial charge in [-0.3, -0.25) is 4.98 Å². The third-order valence-electron chi connectivity index (χ3n) is 5.39. The predicted molar refractivity (Wildman–Crippen MR) is 103 cm³/mol. The molecule has 1 aliphatic carbocycles. The fraction of sp³-hybridized carbons (Fsp3) is 0.450. The lowest BCUT2D eigenvalue weighted by Gasteiger charge is -2.29. The van der Waals surface area contributed by atoms with E-state index in [1.807, 2.05) is 35.9 Å². The summed E-state index contributed by atoms with van der Waals surface area (Å²) in [6.07, 6.45) is 12.5. The third-order valence-corrected chi connectivity index (χ3v) is 6.58. The van der Waals surface area contributed by atoms with Crippen LogP contribution in [0.3, 0.4) is 0 Å². The summed E-state index contributed by atoms with van der Waals surface area (Å²) in [7, 11) is 0. The average Bonchev–Trinajstić information content (AvgIpc) is 3.07. The zero-order chi connectivity index (χ0) is 16.6. The summed E-state index contributed by atoms with van der Waals surface area (Å²) in [6.45, 7) is 2.24. The second-order valence-corrected chi connectivity index (χ2v) is 8.13. The van der Waals surface area contributed by atoms with Gasteiger partial charge in [-0.05, 0) is 62.6 Å². The molecule has 0 atom stereocenters. The van der Waals surface area contributed by atoms with Crippen LogP contribution in [0.5, 0.6) is 0 Å². The van der Waals surface area contributed by atoms with E-state index in [1.54, 1.807) is 4.88 Å². The molecule has 128 valence electrons. The number of pyridine rings is 1. The Hall–Kier alpha value is -2.01. The van der Waals surface area contributed by atoms with Crippen LogP contribution in [0.25, 0.3) is 21.6 Å². The van der Waals surface area contributed by atoms with Gasteiger partial charge in [0.05, 0.1) is 5.39 Å². The van der Waals surface area contributed by atoms with Gasteiger partial charge in [-0.25, -0.2) is 9.97 Å². The van der Waals surface area contributed by atoms with E-state index in [-0.39, 0.29) is 0 Å². The molecule has 5 rings (SSSR count). The van der Waals surface area contributed by atoms with Gasteiger partial charge in [0.2, 0.25) is 0 Å². The first-order valence-corrected chi connectivity index (χ1v) is 10.2. The lowest BCUT2D eigenvalue weighted by atomic mass is 9.96. The maximum atomic E-state index is 5.07. The summed E-state index contributed by atoms with van der Waals surface area (Å²) in [5.74, 6) is 2.02. The van der Waals surface area contributed by atoms with Crippen LogP contribution in [0, 0.1) is 0 Å². The number of thiophene rings is 1. The first kappa shape index (κ1) is 15.3. The molecule has 3 aromatic heterocycles. The van der Waals surface area contributed by atoms with Crippen molar-refractivity contribution in [1.82, 2.24) is 15.0 Å². The highest BCUT2D eigenvalue weighted by atomic mass is 32.1. The number of hydrogen-bond donors (Lipinski definition) is 0. The monoisotopic (exact) mass is 350 g/mol. The Morgan fingerprint density at radius 3 is 2.52 bits per heavy atom. The summed E-state index contributed by atoms with van der Waals surface area (Å²) in [4.78, 5) is 19.4. The Labute approximate surface area is 152 Å². The van der Waals surface area contributed by atoms with Crippen LogP contribution in [-0.4, -0.2) is 28.0 Å². The van der Waals surface area contributed by atoms with Crippen LogP contribution in [0.2, 0.25) is 0 Å². The van der Waals surface area contributed by atoms with Crippen molar-refractivity contribution in [3.63, 3.8) is 0 Å². The standard InChI is InChI=1S/C20H22N4S/c1-4-12-24(13-5-1)19-17-15-6-2-3-7-16(15)25-20(17)23-18(22-19)14-8-10-21-11-9-14/h8-11H,1-7,12-13H2. The smallest absolute Gasteiger partial charge is 0.163 e. The van der Waals surface area contributed by atoms with E-state index in [4.69, 9.17) is 9.97 Å². The highest BCUT2D eigenvalue weighted by molar-refractivity contribution is 7.19. The molecular weight excluding hydrogens is 328 g/mol. The summed E-state index contributed by atoms with van der Waals surface area (Å²) < 4.78 is 0. The van der Waals surface area contributed by atoms with Crippen LogP contribution in [0.4, 0.5) is 5.82 Å². The first-order chi connectivity index (χ1) is 12.4. The lowest BCUT2D eigenvalue weighted by molar-refractivity contribution is 0.574. The van der Waals surface area contributed by atoms with E-state index in [2.05, 4.69) is 9.88 Å². The molecule has 0 radical (unpaired) electrons. The molecule has 0 bridgehead atoms. The molecule has 25 heavy (non-hydrogen) atoms. The molecule has 2 aliphatic rings. The minimum Gasteiger partial charge on any atom is -0.356 e. The molecule has 3 aromatic rings. The van der Waals surface area contributed by atoms with Gasteiger partial charge in [-0.2, -0.15) is 0 Å². The maximum absolute atomic E-state index is 5.07. The number of rotatable bonds is 2. The Balaban J connectivity index is 1.73. The molecule has 4 nitrogen and oxygen atoms in total. The molecule has 1 fully saturated rings. The van der Waals surface area contributed by atoms with Gasteiger partial charge in [0.25, 0.3) is 0 Å². The molecule has 0 aromatic carbocycles. The molecule has 4 heterocycles. The fourth-order valence-corrected chi connectivity index (χ4v) is 5.36. The highest BCUT2D eigenvalue weighted by Gasteiger charge is 2.24. The molecule has 0 spiro atoms. The zero-order valence-electron chi connectivity index (χ0n) is 14.4. The number of piperidine rings is 1. The SMILES string of the molecule is c1cc(-c2nc(N3CCCCC3)c3c4c(sc3n2)CCCC4)ccn1. The third kappa shape index (κ3) is 2.71. The topological polar surface area (TPSA) is 41.9 Å². The van der Waals surface area contributed by atoms with Gasteiger partial charge in [0, 0.05) is 35.9 Å². The van der Waals surface area contributed by atoms with Gasteiger partial charge >= 0.3 is 0 Å². The lowest BCUT2D eigenvalue weighted by Crippen LogP contribution is -2.30. The number of aromatic nitrogens is 3. The van der Waals surface area contributed by atoms with E-state index in [9.17, 15) is 0 Å². The summed E-state index contributed by atoms with van der Waals surface area (Å²) in [6, 6.07) is 4.02. The molecule has 0 saturated carbocycles. The molecule has 5 heteroatoms. The Bertz CT molecular complexity index is 897. The van der Waals surface area contributed by atoms with E-state index in [0.717, 1.165) is 24.5 Å². The van der Waals surface area contributed by atoms with E-state index in [0.29, 0.717) is 0 Å². The Kier molecular flexibility index (Phi) is 3.89. The minimum atomic E-state index is 0.842. The number of fused-ring (bicyclic) bond motifs is 3. The van der Waals surface area contributed by atoms with E-state index in [1.165, 1.54) is 66.5 Å². The van der Waals surface area contributed by atoms with Crippen molar-refractivity contribution in [1.29, 1.82) is 0 Å². The zero-order valence-corrected chi connectivity index (χ0v) is 15.2. The van der Waals surface area contributed by atoms with Crippen molar-refractivity contribution in [3.05, 3.63) is 35.0 Å². The van der Waals surface area contributed by atoms with Crippen molar-refractivity contribution in [2.75, 3.05) is 18.0 Å². The molecule has 0 N–H and O–H groups in total. The second-order valence-electron chi connectivity index (χ2n) is 7.05. The molecular formula is C20H22N4S. The van der Waals surface area contributed by atoms with Crippen molar-refractivity contribution < 1.29 is 0 Å². The summed E-state index contributed by atoms with van der Waals surface area (Å²) in [5.41, 5.74) is 2.59. The normalized spacial score (nSPS) is 17.7. The maximum Gasteiger partial charge on any atom is 0.163 e. The van der Waals surface area contributed by atoms with Crippen molar-refractivity contribution in [2.45, 2.75) is 44.9 Å². The summed E-state index contributed by atoms with van der Waals surface area (Å²) >= 11 is 1.89. The van der Waals surface area contributed by atoms with Gasteiger partial charge in [0.1, 0.15) is 10.6 Å². The van der Waals surface area contributed by atoms with Crippen LogP contribution < -0.4 is 4.90 Å². The molecule has 0 unspecified atom stereocenters. The predicted octanol–water partition coefficient (Wildman–Crippen LogP) is 4.62. The number of nitrogens with zero attached hydrogens (tertiary/aromatic N) is 4. The second kappa shape index (κ2) is 6.37. The highest BCUT2D eigenvalue weighted by Crippen LogP contribution is 2.41. The number of anilines is 1. The van der Waals surface area contributed by atoms with E-state index >= 15 is 0 Å². The van der Waals surface area contributed by atoms with Gasteiger partial charge in [-0.1, -0.05) is 0 Å². The average molecular weight is 350 g/mol. The number of hydrogen-bond acceptors (Lipinski definition) is 5. The van der Waals surface area contributed by atoms with Crippen molar-refractivity contribution in [3.8, 4) is 11.4 Å². The number of aryl methyl sites for hydroxylation is 2. The summed E-state index contributed by atoms with van der Waals surface area (Å²) in [5, 5.41) is 1.35. The Morgan fingerprint density at radius 2 is 1.68 bits per heavy atom. The quantitative estimate of drug-likeness (QED) is 0.676. The molecule has 1 saturated heterocycles. The molecule has 1 aliphatic heterocycles. The van der Waals surface area contributed by atoms with Crippen molar-refractivity contribution in [2.24, 2.45) is 0 Å². The van der Waals surface area contributed by atoms with Gasteiger partial charge in [0.15, 0.2) is 5.82 Å². The molecule has 0 amide bonds. The van der Waals surface area contributed by atoms with Crippen LogP contribution in [-0.2, 0) is 12.8 Å². The van der Waals surface area contributed by atoms with E-state index < -0.39 is 0 Å². The fourth-order valence-electron chi connectivity index (χ4n) is 4.10. The van der Waals surface area contributed by atoms with Crippen LogP contribution >= 0.6 is 11.3 Å². The minimum absolute atomic E-state index is 0.842. The van der Waals surface area contributed by atoms with Crippen LogP contribution in [0.15, 0.2) is 24.5 Å². The van der Waals surface area contributed by atoms with Gasteiger partial charge < -0.3 is 4.90 Å². The largest absolute Gasteiger partial charge is 0.356 e. The Morgan fingerprint density at radius 1 is 0.880 bits per heavy atom. The van der Waals surface area contributed by atoms with Crippen LogP contribution in [0.1, 0.15) is 42.5 Å².